The van der Waals surface area contributed by atoms with Crippen LogP contribution in [0.2, 0.25) is 0 Å². The number of nitrogens with one attached hydrogen (secondary N) is 1. The molecule has 1 amide bonds. The zero-order chi connectivity index (χ0) is 24.1. The van der Waals surface area contributed by atoms with Gasteiger partial charge in [-0.2, -0.15) is 9.78 Å². The van der Waals surface area contributed by atoms with Gasteiger partial charge in [0.25, 0.3) is 5.91 Å². The maximum atomic E-state index is 12.8. The summed E-state index contributed by atoms with van der Waals surface area (Å²) in [5.41, 5.74) is 10.0. The lowest BCUT2D eigenvalue weighted by Gasteiger charge is -2.06. The van der Waals surface area contributed by atoms with Gasteiger partial charge in [0.15, 0.2) is 5.69 Å². The van der Waals surface area contributed by atoms with Gasteiger partial charge in [-0.3, -0.25) is 4.79 Å². The van der Waals surface area contributed by atoms with Crippen LogP contribution in [0.4, 0.5) is 5.82 Å². The van der Waals surface area contributed by atoms with Crippen LogP contribution in [0.5, 0.6) is 0 Å². The van der Waals surface area contributed by atoms with E-state index in [-0.39, 0.29) is 22.9 Å². The highest BCUT2D eigenvalue weighted by molar-refractivity contribution is 7.98. The number of hydrazone groups is 1. The van der Waals surface area contributed by atoms with Gasteiger partial charge in [-0.15, -0.1) is 16.9 Å². The smallest absolute Gasteiger partial charge is 0.336 e. The first-order chi connectivity index (χ1) is 16.4. The Morgan fingerprint density at radius 2 is 1.97 bits per heavy atom. The van der Waals surface area contributed by atoms with Crippen molar-refractivity contribution < 1.29 is 19.3 Å². The number of benzene rings is 2. The molecule has 172 valence electrons. The molecule has 0 fully saturated rings. The van der Waals surface area contributed by atoms with E-state index in [2.05, 4.69) is 35.8 Å². The second kappa shape index (κ2) is 9.95. The van der Waals surface area contributed by atoms with Gasteiger partial charge in [0.1, 0.15) is 0 Å². The van der Waals surface area contributed by atoms with Gasteiger partial charge in [-0.05, 0) is 35.4 Å². The molecule has 13 heteroatoms. The van der Waals surface area contributed by atoms with E-state index in [0.717, 1.165) is 10.5 Å². The second-order valence-electron chi connectivity index (χ2n) is 6.96. The van der Waals surface area contributed by atoms with Crippen molar-refractivity contribution in [3.8, 4) is 5.82 Å². The Balaban J connectivity index is 1.58. The summed E-state index contributed by atoms with van der Waals surface area (Å²) in [5, 5.41) is 28.4. The number of thioether (sulfide) groups is 1. The average molecular weight is 478 g/mol. The number of nitrogens with zero attached hydrogens (tertiary/aromatic N) is 6. The number of carbonyl (C=O) groups is 2. The fourth-order valence-electron chi connectivity index (χ4n) is 2.92. The first kappa shape index (κ1) is 22.7. The number of carboxylic acids is 1. The minimum absolute atomic E-state index is 0.00863. The molecule has 0 atom stereocenters. The molecule has 0 aliphatic carbocycles. The van der Waals surface area contributed by atoms with Crippen LogP contribution >= 0.6 is 11.8 Å². The number of aryl methyl sites for hydroxylation is 1. The van der Waals surface area contributed by atoms with Gasteiger partial charge >= 0.3 is 5.97 Å². The van der Waals surface area contributed by atoms with Crippen molar-refractivity contribution in [2.45, 2.75) is 17.6 Å². The molecule has 12 nitrogen and oxygen atoms in total. The summed E-state index contributed by atoms with van der Waals surface area (Å²) in [6.45, 7) is 1.99. The van der Waals surface area contributed by atoms with Gasteiger partial charge in [0, 0.05) is 16.2 Å². The lowest BCUT2D eigenvalue weighted by molar-refractivity contribution is 0.0696. The molecule has 0 spiro atoms. The van der Waals surface area contributed by atoms with E-state index in [9.17, 15) is 14.7 Å². The van der Waals surface area contributed by atoms with Crippen molar-refractivity contribution >= 4 is 35.7 Å². The first-order valence-corrected chi connectivity index (χ1v) is 10.8. The van der Waals surface area contributed by atoms with Crippen molar-refractivity contribution in [2.24, 2.45) is 5.10 Å². The summed E-state index contributed by atoms with van der Waals surface area (Å²) >= 11 is 1.46. The lowest BCUT2D eigenvalue weighted by Crippen LogP contribution is -2.20. The SMILES string of the molecule is Cc1ccc(SCc2c(C(=O)NN=Cc3ccccc3C(=O)O)nnn2-c2nonc2N)cc1. The molecular weight excluding hydrogens is 460 g/mol. The quantitative estimate of drug-likeness (QED) is 0.194. The van der Waals surface area contributed by atoms with E-state index in [1.165, 1.54) is 28.7 Å². The zero-order valence-electron chi connectivity index (χ0n) is 17.7. The number of hydrogen-bond donors (Lipinski definition) is 3. The van der Waals surface area contributed by atoms with E-state index >= 15 is 0 Å². The van der Waals surface area contributed by atoms with Crippen LogP contribution in [0.15, 0.2) is 63.2 Å². The molecule has 2 aromatic heterocycles. The van der Waals surface area contributed by atoms with Crippen LogP contribution in [-0.2, 0) is 5.75 Å². The molecule has 0 aliphatic rings. The number of carboxylic acid groups (broad SMARTS) is 1. The third-order valence-corrected chi connectivity index (χ3v) is 5.66. The van der Waals surface area contributed by atoms with Crippen molar-refractivity contribution in [1.29, 1.82) is 0 Å². The molecule has 0 saturated carbocycles. The van der Waals surface area contributed by atoms with E-state index in [4.69, 9.17) is 5.73 Å². The summed E-state index contributed by atoms with van der Waals surface area (Å²) in [4.78, 5) is 25.1. The summed E-state index contributed by atoms with van der Waals surface area (Å²) in [5.74, 6) is -1.36. The summed E-state index contributed by atoms with van der Waals surface area (Å²) in [6.07, 6.45) is 1.24. The van der Waals surface area contributed by atoms with Gasteiger partial charge in [0.2, 0.25) is 11.6 Å². The molecule has 2 heterocycles. The van der Waals surface area contributed by atoms with Crippen LogP contribution < -0.4 is 11.2 Å². The number of amides is 1. The van der Waals surface area contributed by atoms with Crippen LogP contribution in [-0.4, -0.2) is 48.5 Å². The Bertz CT molecular complexity index is 1360. The molecule has 0 radical (unpaired) electrons. The highest BCUT2D eigenvalue weighted by atomic mass is 32.2. The number of nitrogen functional groups attached to an aromatic ring is 1. The van der Waals surface area contributed by atoms with Gasteiger partial charge < -0.3 is 10.8 Å². The minimum Gasteiger partial charge on any atom is -0.478 e. The summed E-state index contributed by atoms with van der Waals surface area (Å²) in [7, 11) is 0. The van der Waals surface area contributed by atoms with E-state index in [1.54, 1.807) is 18.2 Å². The van der Waals surface area contributed by atoms with Crippen molar-refractivity contribution in [2.75, 3.05) is 5.73 Å². The Morgan fingerprint density at radius 3 is 2.68 bits per heavy atom. The van der Waals surface area contributed by atoms with Crippen molar-refractivity contribution in [3.63, 3.8) is 0 Å². The topological polar surface area (TPSA) is 174 Å². The number of aromatic carboxylic acids is 1. The third kappa shape index (κ3) is 4.94. The van der Waals surface area contributed by atoms with Crippen LogP contribution in [0.1, 0.15) is 37.7 Å². The van der Waals surface area contributed by atoms with Gasteiger partial charge in [-0.1, -0.05) is 41.1 Å². The number of aromatic nitrogens is 5. The Hall–Kier alpha value is -4.52. The number of carbonyl (C=O) groups excluding carboxylic acids is 1. The maximum Gasteiger partial charge on any atom is 0.336 e. The minimum atomic E-state index is -1.11. The monoisotopic (exact) mass is 478 g/mol. The average Bonchev–Trinajstić information content (AvgIpc) is 3.44. The predicted octanol–water partition coefficient (Wildman–Crippen LogP) is 2.30. The Morgan fingerprint density at radius 1 is 1.21 bits per heavy atom. The zero-order valence-corrected chi connectivity index (χ0v) is 18.6. The Labute approximate surface area is 196 Å². The predicted molar refractivity (Wildman–Crippen MR) is 123 cm³/mol. The van der Waals surface area contributed by atoms with Crippen molar-refractivity contribution in [3.05, 3.63) is 76.6 Å². The fraction of sp³-hybridized carbons (Fsp3) is 0.0952. The van der Waals surface area contributed by atoms with Crippen LogP contribution in [0.25, 0.3) is 5.82 Å². The number of anilines is 1. The third-order valence-electron chi connectivity index (χ3n) is 4.63. The summed E-state index contributed by atoms with van der Waals surface area (Å²) < 4.78 is 5.94. The number of hydrogen-bond acceptors (Lipinski definition) is 10. The molecule has 0 unspecified atom stereocenters. The van der Waals surface area contributed by atoms with E-state index < -0.39 is 11.9 Å². The molecule has 34 heavy (non-hydrogen) atoms. The highest BCUT2D eigenvalue weighted by Crippen LogP contribution is 2.26. The van der Waals surface area contributed by atoms with Gasteiger partial charge in [-0.25, -0.2) is 14.8 Å². The fourth-order valence-corrected chi connectivity index (χ4v) is 3.81. The first-order valence-electron chi connectivity index (χ1n) is 9.82. The van der Waals surface area contributed by atoms with Crippen LogP contribution in [0, 0.1) is 6.92 Å². The number of rotatable bonds is 8. The standard InChI is InChI=1S/C21H18N8O4S/c1-12-6-8-14(9-7-12)34-11-16-17(24-28-29(16)19-18(22)26-33-27-19)20(30)25-23-10-13-4-2-3-5-15(13)21(31)32/h2-10H,11H2,1H3,(H2,22,26)(H,25,30)(H,31,32). The largest absolute Gasteiger partial charge is 0.478 e. The molecule has 0 saturated heterocycles. The lowest BCUT2D eigenvalue weighted by atomic mass is 10.1. The Kier molecular flexibility index (Phi) is 6.64. The maximum absolute atomic E-state index is 12.8. The van der Waals surface area contributed by atoms with Gasteiger partial charge in [0.05, 0.1) is 17.5 Å². The highest BCUT2D eigenvalue weighted by Gasteiger charge is 2.24. The summed E-state index contributed by atoms with van der Waals surface area (Å²) in [6, 6.07) is 14.2. The van der Waals surface area contributed by atoms with Crippen LogP contribution in [0.3, 0.4) is 0 Å². The molecule has 2 aromatic carbocycles. The van der Waals surface area contributed by atoms with Crippen molar-refractivity contribution in [1.82, 2.24) is 30.7 Å². The molecule has 0 aliphatic heterocycles. The number of nitrogens with two attached hydrogens (primary N) is 1. The van der Waals surface area contributed by atoms with E-state index in [0.29, 0.717) is 17.0 Å². The van der Waals surface area contributed by atoms with E-state index in [1.807, 2.05) is 31.2 Å². The molecule has 4 rings (SSSR count). The normalized spacial score (nSPS) is 11.1. The second-order valence-corrected chi connectivity index (χ2v) is 8.01. The molecule has 0 bridgehead atoms. The molecule has 4 aromatic rings. The molecule has 4 N–H and O–H groups in total. The molecular formula is C21H18N8O4S.